The van der Waals surface area contributed by atoms with Crippen molar-refractivity contribution in [2.24, 2.45) is 0 Å². The molecule has 0 heterocycles. The summed E-state index contributed by atoms with van der Waals surface area (Å²) in [5.74, 6) is 5.73. The van der Waals surface area contributed by atoms with E-state index >= 15 is 0 Å². The zero-order chi connectivity index (χ0) is 15.6. The van der Waals surface area contributed by atoms with Gasteiger partial charge in [-0.2, -0.15) is 17.9 Å². The van der Waals surface area contributed by atoms with Crippen molar-refractivity contribution in [1.29, 1.82) is 0 Å². The van der Waals surface area contributed by atoms with E-state index in [1.165, 1.54) is 7.11 Å². The maximum absolute atomic E-state index is 11.6. The van der Waals surface area contributed by atoms with Gasteiger partial charge in [0, 0.05) is 32.2 Å². The number of hydrogen-bond donors (Lipinski definition) is 3. The number of ether oxygens (including phenoxy) is 1. The Balaban J connectivity index is 2.56. The fourth-order valence-electron chi connectivity index (χ4n) is 1.49. The van der Waals surface area contributed by atoms with E-state index in [0.717, 1.165) is 11.1 Å². The Morgan fingerprint density at radius 1 is 1.33 bits per heavy atom. The Kier molecular flexibility index (Phi) is 7.97. The van der Waals surface area contributed by atoms with Gasteiger partial charge in [0.15, 0.2) is 0 Å². The Labute approximate surface area is 125 Å². The summed E-state index contributed by atoms with van der Waals surface area (Å²) >= 11 is 0. The van der Waals surface area contributed by atoms with Crippen LogP contribution in [0, 0.1) is 11.8 Å². The monoisotopic (exact) mass is 312 g/mol. The highest BCUT2D eigenvalue weighted by Gasteiger charge is 2.08. The molecule has 6 nitrogen and oxygen atoms in total. The van der Waals surface area contributed by atoms with Crippen LogP contribution in [0.2, 0.25) is 0 Å². The summed E-state index contributed by atoms with van der Waals surface area (Å²) in [5, 5.41) is 8.67. The second-order valence-corrected chi connectivity index (χ2v) is 5.77. The Morgan fingerprint density at radius 2 is 2.14 bits per heavy atom. The fraction of sp³-hybridized carbons (Fsp3) is 0.429. The fourth-order valence-corrected chi connectivity index (χ4v) is 2.30. The molecule has 1 aromatic carbocycles. The van der Waals surface area contributed by atoms with Gasteiger partial charge in [0.05, 0.1) is 13.2 Å². The number of rotatable bonds is 8. The molecule has 0 aliphatic rings. The average Bonchev–Trinajstić information content (AvgIpc) is 2.46. The van der Waals surface area contributed by atoms with E-state index in [2.05, 4.69) is 21.3 Å². The molecular formula is C14H20N2O4S. The van der Waals surface area contributed by atoms with Crippen LogP contribution < -0.4 is 9.44 Å². The van der Waals surface area contributed by atoms with Crippen molar-refractivity contribution in [3.8, 4) is 11.8 Å². The van der Waals surface area contributed by atoms with Crippen LogP contribution in [-0.2, 0) is 21.5 Å². The molecule has 0 fully saturated rings. The Bertz CT molecular complexity index is 590. The van der Waals surface area contributed by atoms with E-state index < -0.39 is 10.2 Å². The number of aliphatic hydroxyl groups excluding tert-OH is 1. The van der Waals surface area contributed by atoms with Crippen molar-refractivity contribution in [3.05, 3.63) is 35.4 Å². The molecule has 116 valence electrons. The van der Waals surface area contributed by atoms with E-state index in [0.29, 0.717) is 13.0 Å². The molecule has 1 rings (SSSR count). The lowest BCUT2D eigenvalue weighted by molar-refractivity contribution is 0.204. The minimum atomic E-state index is -3.53. The summed E-state index contributed by atoms with van der Waals surface area (Å²) in [4.78, 5) is 0. The number of methoxy groups -OCH3 is 1. The third-order valence-electron chi connectivity index (χ3n) is 2.46. The van der Waals surface area contributed by atoms with Gasteiger partial charge in [-0.05, 0) is 17.7 Å². The lowest BCUT2D eigenvalue weighted by Gasteiger charge is -2.08. The highest BCUT2D eigenvalue weighted by atomic mass is 32.2. The molecule has 1 aromatic rings. The standard InChI is InChI=1S/C14H20N2O4S/c1-20-10-8-15-21(18,19)16-12-14-7-4-6-13(11-14)5-2-3-9-17/h4,6-7,11,15-17H,3,8-10,12H2,1H3. The maximum Gasteiger partial charge on any atom is 0.277 e. The average molecular weight is 312 g/mol. The van der Waals surface area contributed by atoms with E-state index in [4.69, 9.17) is 9.84 Å². The van der Waals surface area contributed by atoms with Gasteiger partial charge in [-0.1, -0.05) is 24.0 Å². The predicted octanol–water partition coefficient (Wildman–Crippen LogP) is -0.00910. The van der Waals surface area contributed by atoms with Crippen molar-refractivity contribution in [2.45, 2.75) is 13.0 Å². The molecule has 0 saturated heterocycles. The maximum atomic E-state index is 11.6. The van der Waals surface area contributed by atoms with Crippen LogP contribution in [0.3, 0.4) is 0 Å². The van der Waals surface area contributed by atoms with Crippen LogP contribution >= 0.6 is 0 Å². The molecule has 0 bridgehead atoms. The molecule has 7 heteroatoms. The second kappa shape index (κ2) is 9.50. The third kappa shape index (κ3) is 7.80. The smallest absolute Gasteiger partial charge is 0.277 e. The summed E-state index contributed by atoms with van der Waals surface area (Å²) in [7, 11) is -2.03. The van der Waals surface area contributed by atoms with Gasteiger partial charge >= 0.3 is 0 Å². The topological polar surface area (TPSA) is 87.7 Å². The minimum absolute atomic E-state index is 0.0274. The highest BCUT2D eigenvalue weighted by molar-refractivity contribution is 7.87. The largest absolute Gasteiger partial charge is 0.395 e. The lowest BCUT2D eigenvalue weighted by atomic mass is 10.1. The van der Waals surface area contributed by atoms with Crippen molar-refractivity contribution in [1.82, 2.24) is 9.44 Å². The zero-order valence-electron chi connectivity index (χ0n) is 11.9. The molecular weight excluding hydrogens is 292 g/mol. The molecule has 21 heavy (non-hydrogen) atoms. The minimum Gasteiger partial charge on any atom is -0.395 e. The normalized spacial score (nSPS) is 11.0. The number of benzene rings is 1. The first-order valence-electron chi connectivity index (χ1n) is 6.49. The van der Waals surface area contributed by atoms with Crippen molar-refractivity contribution < 1.29 is 18.3 Å². The molecule has 0 spiro atoms. The van der Waals surface area contributed by atoms with Crippen LogP contribution in [0.25, 0.3) is 0 Å². The first-order valence-corrected chi connectivity index (χ1v) is 7.97. The second-order valence-electron chi connectivity index (χ2n) is 4.19. The van der Waals surface area contributed by atoms with Gasteiger partial charge in [-0.3, -0.25) is 0 Å². The number of aliphatic hydroxyl groups is 1. The van der Waals surface area contributed by atoms with Gasteiger partial charge in [0.2, 0.25) is 0 Å². The molecule has 0 unspecified atom stereocenters. The van der Waals surface area contributed by atoms with Gasteiger partial charge in [-0.15, -0.1) is 0 Å². The molecule has 0 aliphatic carbocycles. The van der Waals surface area contributed by atoms with Crippen molar-refractivity contribution in [3.63, 3.8) is 0 Å². The molecule has 0 atom stereocenters. The van der Waals surface area contributed by atoms with Crippen molar-refractivity contribution >= 4 is 10.2 Å². The van der Waals surface area contributed by atoms with Crippen LogP contribution in [0.4, 0.5) is 0 Å². The summed E-state index contributed by atoms with van der Waals surface area (Å²) in [6, 6.07) is 7.26. The third-order valence-corrected chi connectivity index (χ3v) is 3.57. The molecule has 3 N–H and O–H groups in total. The van der Waals surface area contributed by atoms with E-state index in [-0.39, 0.29) is 19.7 Å². The first-order chi connectivity index (χ1) is 10.1. The number of nitrogens with one attached hydrogen (secondary N) is 2. The SMILES string of the molecule is COCCNS(=O)(=O)NCc1cccc(C#CCCO)c1. The number of hydrogen-bond acceptors (Lipinski definition) is 4. The Morgan fingerprint density at radius 3 is 2.86 bits per heavy atom. The Hall–Kier alpha value is -1.43. The van der Waals surface area contributed by atoms with E-state index in [1.54, 1.807) is 0 Å². The molecule has 0 amide bonds. The first kappa shape index (κ1) is 17.6. The quantitative estimate of drug-likeness (QED) is 0.465. The highest BCUT2D eigenvalue weighted by Crippen LogP contribution is 2.04. The zero-order valence-corrected chi connectivity index (χ0v) is 12.7. The summed E-state index contributed by atoms with van der Waals surface area (Å²) in [5.41, 5.74) is 1.59. The molecule has 0 radical (unpaired) electrons. The van der Waals surface area contributed by atoms with Crippen LogP contribution in [0.5, 0.6) is 0 Å². The molecule has 0 aromatic heterocycles. The van der Waals surface area contributed by atoms with Crippen LogP contribution in [0.15, 0.2) is 24.3 Å². The van der Waals surface area contributed by atoms with Gasteiger partial charge in [-0.25, -0.2) is 0 Å². The van der Waals surface area contributed by atoms with E-state index in [9.17, 15) is 8.42 Å². The summed E-state index contributed by atoms with van der Waals surface area (Å²) in [6.45, 7) is 0.743. The summed E-state index contributed by atoms with van der Waals surface area (Å²) in [6.07, 6.45) is 0.417. The summed E-state index contributed by atoms with van der Waals surface area (Å²) < 4.78 is 32.9. The predicted molar refractivity (Wildman–Crippen MR) is 80.7 cm³/mol. The van der Waals surface area contributed by atoms with E-state index in [1.807, 2.05) is 24.3 Å². The molecule has 0 saturated carbocycles. The van der Waals surface area contributed by atoms with Crippen molar-refractivity contribution in [2.75, 3.05) is 26.9 Å². The van der Waals surface area contributed by atoms with Crippen LogP contribution in [0.1, 0.15) is 17.5 Å². The van der Waals surface area contributed by atoms with Gasteiger partial charge in [0.1, 0.15) is 0 Å². The van der Waals surface area contributed by atoms with Gasteiger partial charge in [0.25, 0.3) is 10.2 Å². The molecule has 0 aliphatic heterocycles. The lowest BCUT2D eigenvalue weighted by Crippen LogP contribution is -2.37. The van der Waals surface area contributed by atoms with Crippen LogP contribution in [-0.4, -0.2) is 40.4 Å². The van der Waals surface area contributed by atoms with Gasteiger partial charge < -0.3 is 9.84 Å².